The molecule has 0 saturated carbocycles. The molecule has 2 saturated heterocycles. The third-order valence-corrected chi connectivity index (χ3v) is 6.00. The lowest BCUT2D eigenvalue weighted by molar-refractivity contribution is -0.162. The van der Waals surface area contributed by atoms with E-state index in [2.05, 4.69) is 36.9 Å². The van der Waals surface area contributed by atoms with Crippen molar-refractivity contribution in [2.75, 3.05) is 37.7 Å². The number of carbonyl (C=O) groups is 1. The lowest BCUT2D eigenvalue weighted by Crippen LogP contribution is -2.47. The zero-order valence-corrected chi connectivity index (χ0v) is 18.3. The number of hydrogen-bond acceptors (Lipinski definition) is 8. The molecule has 1 aromatic carbocycles. The summed E-state index contributed by atoms with van der Waals surface area (Å²) in [5.41, 5.74) is 2.79. The molecule has 2 aliphatic heterocycles. The Kier molecular flexibility index (Phi) is 6.00. The first-order valence-electron chi connectivity index (χ1n) is 11.1. The fourth-order valence-electron chi connectivity index (χ4n) is 4.53. The standard InChI is InChI=1S/C23H28N6O3/c1-17(30)31-14-19-12-27(11-18-7-3-2-4-8-18)13-20(32-19)29-16-26-21-22(24-15-25-23(21)29)28-9-5-6-10-28/h2-4,7-8,15-16,19-20H,5-6,9-14H2,1H3/t19-,20+/m0/s1. The highest BCUT2D eigenvalue weighted by Crippen LogP contribution is 2.29. The third kappa shape index (κ3) is 4.44. The molecule has 2 atom stereocenters. The lowest BCUT2D eigenvalue weighted by Gasteiger charge is -2.38. The molecule has 2 fully saturated rings. The molecule has 3 aromatic rings. The lowest BCUT2D eigenvalue weighted by atomic mass is 10.2. The normalized spacial score (nSPS) is 21.8. The van der Waals surface area contributed by atoms with E-state index in [9.17, 15) is 4.79 Å². The molecule has 0 amide bonds. The minimum Gasteiger partial charge on any atom is -0.463 e. The van der Waals surface area contributed by atoms with E-state index in [1.165, 1.54) is 25.3 Å². The average molecular weight is 437 g/mol. The number of rotatable bonds is 6. The van der Waals surface area contributed by atoms with Crippen molar-refractivity contribution in [3.63, 3.8) is 0 Å². The van der Waals surface area contributed by atoms with Crippen molar-refractivity contribution < 1.29 is 14.3 Å². The van der Waals surface area contributed by atoms with Gasteiger partial charge in [0.25, 0.3) is 0 Å². The Bertz CT molecular complexity index is 1070. The summed E-state index contributed by atoms with van der Waals surface area (Å²) in [7, 11) is 0. The quantitative estimate of drug-likeness (QED) is 0.545. The van der Waals surface area contributed by atoms with Crippen LogP contribution in [-0.4, -0.2) is 69.3 Å². The first-order chi connectivity index (χ1) is 15.7. The number of fused-ring (bicyclic) bond motifs is 1. The first-order valence-corrected chi connectivity index (χ1v) is 11.1. The molecule has 2 aliphatic rings. The van der Waals surface area contributed by atoms with Gasteiger partial charge in [-0.05, 0) is 18.4 Å². The van der Waals surface area contributed by atoms with E-state index in [-0.39, 0.29) is 24.9 Å². The SMILES string of the molecule is CC(=O)OC[C@@H]1CN(Cc2ccccc2)C[C@H](n2cnc3c(N4CCCC4)ncnc32)O1. The molecule has 0 bridgehead atoms. The molecule has 0 unspecified atom stereocenters. The molecule has 0 radical (unpaired) electrons. The number of aromatic nitrogens is 4. The van der Waals surface area contributed by atoms with Crippen LogP contribution in [0.2, 0.25) is 0 Å². The van der Waals surface area contributed by atoms with Crippen LogP contribution < -0.4 is 4.90 Å². The van der Waals surface area contributed by atoms with Crippen LogP contribution in [0.4, 0.5) is 5.82 Å². The highest BCUT2D eigenvalue weighted by Gasteiger charge is 2.31. The van der Waals surface area contributed by atoms with Crippen LogP contribution in [0.3, 0.4) is 0 Å². The summed E-state index contributed by atoms with van der Waals surface area (Å²) >= 11 is 0. The van der Waals surface area contributed by atoms with Crippen molar-refractivity contribution in [1.82, 2.24) is 24.4 Å². The van der Waals surface area contributed by atoms with Crippen molar-refractivity contribution in [2.24, 2.45) is 0 Å². The van der Waals surface area contributed by atoms with Crippen LogP contribution in [0.5, 0.6) is 0 Å². The van der Waals surface area contributed by atoms with Gasteiger partial charge in [0.15, 0.2) is 17.0 Å². The number of benzene rings is 1. The fourth-order valence-corrected chi connectivity index (χ4v) is 4.53. The van der Waals surface area contributed by atoms with Crippen LogP contribution >= 0.6 is 0 Å². The molecular formula is C23H28N6O3. The van der Waals surface area contributed by atoms with Crippen molar-refractivity contribution in [1.29, 1.82) is 0 Å². The number of esters is 1. The Morgan fingerprint density at radius 3 is 2.72 bits per heavy atom. The van der Waals surface area contributed by atoms with Gasteiger partial charge in [0.05, 0.1) is 6.33 Å². The minimum atomic E-state index is -0.304. The van der Waals surface area contributed by atoms with Crippen molar-refractivity contribution in [3.05, 3.63) is 48.5 Å². The third-order valence-electron chi connectivity index (χ3n) is 6.00. The maximum atomic E-state index is 11.4. The molecule has 0 N–H and O–H groups in total. The highest BCUT2D eigenvalue weighted by atomic mass is 16.6. The first kappa shape index (κ1) is 20.8. The Hall–Kier alpha value is -3.04. The van der Waals surface area contributed by atoms with Crippen LogP contribution in [-0.2, 0) is 20.8 Å². The number of carbonyl (C=O) groups excluding carboxylic acids is 1. The number of anilines is 1. The molecule has 9 heteroatoms. The molecule has 4 heterocycles. The molecule has 32 heavy (non-hydrogen) atoms. The predicted octanol–water partition coefficient (Wildman–Crippen LogP) is 2.39. The summed E-state index contributed by atoms with van der Waals surface area (Å²) in [5, 5.41) is 0. The maximum absolute atomic E-state index is 11.4. The molecule has 0 spiro atoms. The second-order valence-electron chi connectivity index (χ2n) is 8.41. The van der Waals surface area contributed by atoms with E-state index in [1.807, 2.05) is 22.8 Å². The van der Waals surface area contributed by atoms with Crippen molar-refractivity contribution >= 4 is 23.0 Å². The summed E-state index contributed by atoms with van der Waals surface area (Å²) in [4.78, 5) is 29.7. The van der Waals surface area contributed by atoms with E-state index in [0.29, 0.717) is 13.1 Å². The second-order valence-corrected chi connectivity index (χ2v) is 8.41. The van der Waals surface area contributed by atoms with E-state index in [0.717, 1.165) is 36.6 Å². The van der Waals surface area contributed by atoms with Gasteiger partial charge in [-0.1, -0.05) is 30.3 Å². The zero-order chi connectivity index (χ0) is 21.9. The van der Waals surface area contributed by atoms with Gasteiger partial charge in [-0.15, -0.1) is 0 Å². The van der Waals surface area contributed by atoms with E-state index in [1.54, 1.807) is 12.7 Å². The van der Waals surface area contributed by atoms with Crippen molar-refractivity contribution in [3.8, 4) is 0 Å². The van der Waals surface area contributed by atoms with E-state index < -0.39 is 0 Å². The van der Waals surface area contributed by atoms with E-state index >= 15 is 0 Å². The van der Waals surface area contributed by atoms with Gasteiger partial charge in [0, 0.05) is 39.6 Å². The van der Waals surface area contributed by atoms with Crippen LogP contribution in [0.1, 0.15) is 31.6 Å². The Balaban J connectivity index is 1.42. The molecule has 9 nitrogen and oxygen atoms in total. The summed E-state index contributed by atoms with van der Waals surface area (Å²) in [6.45, 7) is 5.78. The molecule has 168 valence electrons. The van der Waals surface area contributed by atoms with E-state index in [4.69, 9.17) is 9.47 Å². The summed E-state index contributed by atoms with van der Waals surface area (Å²) in [6.07, 6.45) is 5.21. The Morgan fingerprint density at radius 2 is 1.94 bits per heavy atom. The van der Waals surface area contributed by atoms with Crippen molar-refractivity contribution in [2.45, 2.75) is 38.6 Å². The largest absolute Gasteiger partial charge is 0.463 e. The van der Waals surface area contributed by atoms with Gasteiger partial charge in [-0.2, -0.15) is 0 Å². The van der Waals surface area contributed by atoms with Crippen LogP contribution in [0.25, 0.3) is 11.2 Å². The molecule has 2 aromatic heterocycles. The summed E-state index contributed by atoms with van der Waals surface area (Å²) in [5.74, 6) is 0.584. The maximum Gasteiger partial charge on any atom is 0.302 e. The molecular weight excluding hydrogens is 408 g/mol. The number of imidazole rings is 1. The fraction of sp³-hybridized carbons (Fsp3) is 0.478. The smallest absolute Gasteiger partial charge is 0.302 e. The van der Waals surface area contributed by atoms with Gasteiger partial charge in [-0.3, -0.25) is 14.3 Å². The van der Waals surface area contributed by atoms with Gasteiger partial charge < -0.3 is 14.4 Å². The van der Waals surface area contributed by atoms with Crippen LogP contribution in [0.15, 0.2) is 43.0 Å². The molecule has 5 rings (SSSR count). The highest BCUT2D eigenvalue weighted by molar-refractivity contribution is 5.83. The Labute approximate surface area is 187 Å². The summed E-state index contributed by atoms with van der Waals surface area (Å²) in [6, 6.07) is 10.3. The Morgan fingerprint density at radius 1 is 1.12 bits per heavy atom. The number of nitrogens with zero attached hydrogens (tertiary/aromatic N) is 6. The minimum absolute atomic E-state index is 0.220. The monoisotopic (exact) mass is 436 g/mol. The molecule has 0 aliphatic carbocycles. The predicted molar refractivity (Wildman–Crippen MR) is 119 cm³/mol. The number of morpholine rings is 1. The van der Waals surface area contributed by atoms with Gasteiger partial charge in [0.2, 0.25) is 0 Å². The average Bonchev–Trinajstić information content (AvgIpc) is 3.48. The summed E-state index contributed by atoms with van der Waals surface area (Å²) < 4.78 is 13.6. The van der Waals surface area contributed by atoms with Crippen LogP contribution in [0, 0.1) is 0 Å². The zero-order valence-electron chi connectivity index (χ0n) is 18.3. The number of ether oxygens (including phenoxy) is 2. The number of hydrogen-bond donors (Lipinski definition) is 0. The van der Waals surface area contributed by atoms with Gasteiger partial charge in [-0.25, -0.2) is 15.0 Å². The topological polar surface area (TPSA) is 85.6 Å². The second kappa shape index (κ2) is 9.22. The van der Waals surface area contributed by atoms with Gasteiger partial charge in [0.1, 0.15) is 25.3 Å². The van der Waals surface area contributed by atoms with Gasteiger partial charge >= 0.3 is 5.97 Å².